The number of ether oxygens (including phenoxy) is 2. The predicted molar refractivity (Wildman–Crippen MR) is 265 cm³/mol. The fourth-order valence-electron chi connectivity index (χ4n) is 5.86. The average Bonchev–Trinajstić information content (AvgIpc) is 3.27. The zero-order chi connectivity index (χ0) is 46.0. The molecule has 0 heterocycles. The normalized spacial score (nSPS) is 14.3. The van der Waals surface area contributed by atoms with E-state index in [1.807, 2.05) is 0 Å². The first-order valence-corrected chi connectivity index (χ1v) is 25.5. The summed E-state index contributed by atoms with van der Waals surface area (Å²) in [6.45, 7) is 3.44. The van der Waals surface area contributed by atoms with Gasteiger partial charge < -0.3 is 20.1 Å². The summed E-state index contributed by atoms with van der Waals surface area (Å²) in [5.41, 5.74) is 5.36. The lowest BCUT2D eigenvalue weighted by Gasteiger charge is -2.19. The highest BCUT2D eigenvalue weighted by molar-refractivity contribution is 7.47. The van der Waals surface area contributed by atoms with Gasteiger partial charge in [0.1, 0.15) is 6.61 Å². The van der Waals surface area contributed by atoms with Crippen LogP contribution in [-0.2, 0) is 32.7 Å². The van der Waals surface area contributed by atoms with Crippen LogP contribution in [0.5, 0.6) is 0 Å². The maximum atomic E-state index is 12.6. The minimum atomic E-state index is -4.40. The highest BCUT2D eigenvalue weighted by Crippen LogP contribution is 2.43. The number of phosphoric acid groups is 1. The standard InChI is InChI=1S/C53H86NO8P/c1-3-5-7-9-11-13-15-17-19-21-23-24-25-26-28-30-32-34-36-38-40-42-44-46-53(56)62-51(50-61-63(57,58)60-48-47-54)49-59-52(55)45-43-41-39-37-35-33-31-29-27-22-20-18-16-14-12-10-8-6-4-2/h5-8,11-14,17-20,23-24,26-29,32,34,51H,3-4,9-10,15-16,21-22,25,30-31,33,35-50,54H2,1-2H3,(H,57,58)/b7-5-,8-6-,13-11-,14-12-,19-17-,20-18-,24-23-,28-26-,29-27-,34-32-. The summed E-state index contributed by atoms with van der Waals surface area (Å²) >= 11 is 0. The first kappa shape index (κ1) is 59.4. The van der Waals surface area contributed by atoms with Gasteiger partial charge in [-0.25, -0.2) is 4.57 Å². The van der Waals surface area contributed by atoms with Gasteiger partial charge in [-0.15, -0.1) is 0 Å². The van der Waals surface area contributed by atoms with E-state index in [0.717, 1.165) is 128 Å². The van der Waals surface area contributed by atoms with Gasteiger partial charge in [-0.3, -0.25) is 18.6 Å². The molecule has 0 rings (SSSR count). The van der Waals surface area contributed by atoms with Crippen LogP contribution in [0.1, 0.15) is 168 Å². The molecule has 0 spiro atoms. The zero-order valence-electron chi connectivity index (χ0n) is 39.3. The Morgan fingerprint density at radius 2 is 0.825 bits per heavy atom. The van der Waals surface area contributed by atoms with Crippen molar-refractivity contribution in [2.24, 2.45) is 5.73 Å². The summed E-state index contributed by atoms with van der Waals surface area (Å²) in [7, 11) is -4.40. The number of allylic oxidation sites excluding steroid dienone is 20. The Hall–Kier alpha value is -3.59. The van der Waals surface area contributed by atoms with Crippen molar-refractivity contribution in [3.63, 3.8) is 0 Å². The maximum absolute atomic E-state index is 12.6. The van der Waals surface area contributed by atoms with E-state index in [-0.39, 0.29) is 32.6 Å². The summed E-state index contributed by atoms with van der Waals surface area (Å²) < 4.78 is 32.8. The quantitative estimate of drug-likeness (QED) is 0.0265. The van der Waals surface area contributed by atoms with Crippen molar-refractivity contribution in [2.75, 3.05) is 26.4 Å². The van der Waals surface area contributed by atoms with Crippen LogP contribution < -0.4 is 5.73 Å². The van der Waals surface area contributed by atoms with E-state index in [1.165, 1.54) is 0 Å². The molecule has 9 nitrogen and oxygen atoms in total. The molecule has 0 aromatic rings. The monoisotopic (exact) mass is 896 g/mol. The molecule has 0 fully saturated rings. The molecular formula is C53H86NO8P. The molecule has 2 atom stereocenters. The molecule has 0 bridgehead atoms. The molecule has 2 unspecified atom stereocenters. The van der Waals surface area contributed by atoms with Crippen LogP contribution >= 0.6 is 7.82 Å². The molecule has 0 aliphatic rings. The molecule has 0 radical (unpaired) electrons. The number of hydrogen-bond donors (Lipinski definition) is 2. The van der Waals surface area contributed by atoms with Crippen molar-refractivity contribution < 1.29 is 37.6 Å². The number of unbranched alkanes of at least 4 members (excludes halogenated alkanes) is 10. The zero-order valence-corrected chi connectivity index (χ0v) is 40.1. The van der Waals surface area contributed by atoms with E-state index >= 15 is 0 Å². The first-order chi connectivity index (χ1) is 30.8. The molecule has 0 aliphatic carbocycles. The van der Waals surface area contributed by atoms with E-state index in [1.54, 1.807) is 0 Å². The summed E-state index contributed by atoms with van der Waals surface area (Å²) in [5, 5.41) is 0. The fraction of sp³-hybridized carbons (Fsp3) is 0.585. The Balaban J connectivity index is 4.22. The topological polar surface area (TPSA) is 134 Å². The second-order valence-corrected chi connectivity index (χ2v) is 16.7. The van der Waals surface area contributed by atoms with Crippen LogP contribution in [0.15, 0.2) is 122 Å². The van der Waals surface area contributed by atoms with Gasteiger partial charge in [0.05, 0.1) is 13.2 Å². The lowest BCUT2D eigenvalue weighted by molar-refractivity contribution is -0.161. The molecule has 0 aliphatic heterocycles. The maximum Gasteiger partial charge on any atom is 0.472 e. The van der Waals surface area contributed by atoms with Crippen molar-refractivity contribution >= 4 is 19.8 Å². The van der Waals surface area contributed by atoms with E-state index in [4.69, 9.17) is 24.3 Å². The first-order valence-electron chi connectivity index (χ1n) is 24.0. The number of rotatable bonds is 43. The number of phosphoric ester groups is 1. The van der Waals surface area contributed by atoms with Crippen LogP contribution in [-0.4, -0.2) is 49.3 Å². The molecule has 3 N–H and O–H groups in total. The van der Waals surface area contributed by atoms with Crippen molar-refractivity contribution in [1.82, 2.24) is 0 Å². The van der Waals surface area contributed by atoms with Crippen molar-refractivity contribution in [2.45, 2.75) is 174 Å². The molecule has 356 valence electrons. The van der Waals surface area contributed by atoms with Gasteiger partial charge in [0.25, 0.3) is 0 Å². The Labute approximate surface area is 383 Å². The van der Waals surface area contributed by atoms with Crippen LogP contribution in [0.3, 0.4) is 0 Å². The number of carbonyl (C=O) groups excluding carboxylic acids is 2. The predicted octanol–water partition coefficient (Wildman–Crippen LogP) is 14.5. The van der Waals surface area contributed by atoms with Gasteiger partial charge in [0.15, 0.2) is 6.10 Å². The fourth-order valence-corrected chi connectivity index (χ4v) is 6.63. The Bertz CT molecular complexity index is 1440. The van der Waals surface area contributed by atoms with Gasteiger partial charge in [-0.05, 0) is 103 Å². The van der Waals surface area contributed by atoms with E-state index < -0.39 is 32.5 Å². The third-order valence-corrected chi connectivity index (χ3v) is 10.3. The van der Waals surface area contributed by atoms with Gasteiger partial charge in [-0.1, -0.05) is 174 Å². The summed E-state index contributed by atoms with van der Waals surface area (Å²) in [6.07, 6.45) is 65.1. The van der Waals surface area contributed by atoms with Crippen molar-refractivity contribution in [1.29, 1.82) is 0 Å². The third kappa shape index (κ3) is 47.7. The number of nitrogens with two attached hydrogens (primary N) is 1. The molecule has 63 heavy (non-hydrogen) atoms. The number of esters is 2. The lowest BCUT2D eigenvalue weighted by atomic mass is 10.1. The Morgan fingerprint density at radius 3 is 1.22 bits per heavy atom. The van der Waals surface area contributed by atoms with E-state index in [2.05, 4.69) is 135 Å². The van der Waals surface area contributed by atoms with Crippen molar-refractivity contribution in [3.05, 3.63) is 122 Å². The van der Waals surface area contributed by atoms with E-state index in [9.17, 15) is 19.0 Å². The molecular weight excluding hydrogens is 810 g/mol. The van der Waals surface area contributed by atoms with E-state index in [0.29, 0.717) is 12.8 Å². The van der Waals surface area contributed by atoms with Crippen LogP contribution in [0.4, 0.5) is 0 Å². The minimum absolute atomic E-state index is 0.0390. The highest BCUT2D eigenvalue weighted by atomic mass is 31.2. The minimum Gasteiger partial charge on any atom is -0.462 e. The molecule has 0 saturated carbocycles. The molecule has 0 saturated heterocycles. The smallest absolute Gasteiger partial charge is 0.462 e. The average molecular weight is 896 g/mol. The largest absolute Gasteiger partial charge is 0.472 e. The SMILES string of the molecule is CC/C=C\C/C=C\C/C=C\C/C=C\C/C=C\C/C=C\CCCCCCC(=O)OC(COC(=O)CCCCCCCC/C=C\C/C=C\C/C=C\C/C=C\CC)COP(=O)(O)OCCN. The second-order valence-electron chi connectivity index (χ2n) is 15.2. The molecule has 0 aromatic heterocycles. The summed E-state index contributed by atoms with van der Waals surface area (Å²) in [6, 6.07) is 0. The highest BCUT2D eigenvalue weighted by Gasteiger charge is 2.26. The van der Waals surface area contributed by atoms with Crippen molar-refractivity contribution in [3.8, 4) is 0 Å². The van der Waals surface area contributed by atoms with Crippen LogP contribution in [0, 0.1) is 0 Å². The molecule has 0 amide bonds. The van der Waals surface area contributed by atoms with Gasteiger partial charge in [-0.2, -0.15) is 0 Å². The second kappa shape index (κ2) is 47.9. The Kier molecular flexibility index (Phi) is 45.2. The van der Waals surface area contributed by atoms with Gasteiger partial charge in [0.2, 0.25) is 0 Å². The van der Waals surface area contributed by atoms with Crippen LogP contribution in [0.25, 0.3) is 0 Å². The summed E-state index contributed by atoms with van der Waals surface area (Å²) in [4.78, 5) is 35.0. The number of hydrogen-bond acceptors (Lipinski definition) is 8. The molecule has 10 heteroatoms. The Morgan fingerprint density at radius 1 is 0.476 bits per heavy atom. The number of carbonyl (C=O) groups is 2. The van der Waals surface area contributed by atoms with Gasteiger partial charge >= 0.3 is 19.8 Å². The molecule has 0 aromatic carbocycles. The van der Waals surface area contributed by atoms with Crippen LogP contribution in [0.2, 0.25) is 0 Å². The third-order valence-electron chi connectivity index (χ3n) is 9.34. The van der Waals surface area contributed by atoms with Gasteiger partial charge in [0, 0.05) is 19.4 Å². The lowest BCUT2D eigenvalue weighted by Crippen LogP contribution is -2.29. The summed E-state index contributed by atoms with van der Waals surface area (Å²) in [5.74, 6) is -0.886.